The number of thiophene rings is 2. The highest BCUT2D eigenvalue weighted by Crippen LogP contribution is 2.07. The summed E-state index contributed by atoms with van der Waals surface area (Å²) >= 11 is 3.20. The Bertz CT molecular complexity index is 683. The van der Waals surface area contributed by atoms with Crippen LogP contribution in [0.1, 0.15) is 11.1 Å². The van der Waals surface area contributed by atoms with Crippen LogP contribution in [0.15, 0.2) is 46.3 Å². The van der Waals surface area contributed by atoms with Crippen molar-refractivity contribution in [2.45, 2.75) is 0 Å². The lowest BCUT2D eigenvalue weighted by Gasteiger charge is -1.79. The molecule has 0 aliphatic rings. The molecule has 0 amide bonds. The molecule has 0 unspecified atom stereocenters. The first kappa shape index (κ1) is 16.3. The topological polar surface area (TPSA) is 51.2 Å². The molecule has 2 aromatic rings. The van der Waals surface area contributed by atoms with E-state index in [1.807, 2.05) is 34.3 Å². The maximum absolute atomic E-state index is 10.8. The lowest BCUT2D eigenvalue weighted by Crippen LogP contribution is -1.93. The number of hydrogen-bond acceptors (Lipinski definition) is 5. The molecule has 2 aromatic heterocycles. The van der Waals surface area contributed by atoms with E-state index < -0.39 is 16.1 Å². The molecule has 0 fully saturated rings. The molecule has 3 nitrogen and oxygen atoms in total. The summed E-state index contributed by atoms with van der Waals surface area (Å²) in [6.07, 6.45) is 4.64. The van der Waals surface area contributed by atoms with Crippen LogP contribution >= 0.6 is 22.7 Å². The van der Waals surface area contributed by atoms with E-state index in [2.05, 4.69) is 12.0 Å². The number of hydrogen-bond donors (Lipinski definition) is 0. The van der Waals surface area contributed by atoms with Crippen molar-refractivity contribution < 1.29 is 13.2 Å². The van der Waals surface area contributed by atoms with Crippen LogP contribution in [-0.4, -0.2) is 19.6 Å². The molecule has 0 bridgehead atoms. The van der Waals surface area contributed by atoms with E-state index in [0.29, 0.717) is 5.37 Å². The molecule has 0 N–H and O–H groups in total. The first-order valence-corrected chi connectivity index (χ1v) is 8.46. The highest BCUT2D eigenvalue weighted by Gasteiger charge is 1.91. The summed E-state index contributed by atoms with van der Waals surface area (Å²) in [5.41, 5.74) is 2.11. The van der Waals surface area contributed by atoms with Gasteiger partial charge in [-0.2, -0.15) is 31.1 Å². The molecule has 0 radical (unpaired) electrons. The van der Waals surface area contributed by atoms with Crippen LogP contribution in [0.3, 0.4) is 0 Å². The van der Waals surface area contributed by atoms with E-state index in [4.69, 9.17) is 0 Å². The Balaban J connectivity index is 0.000000240. The summed E-state index contributed by atoms with van der Waals surface area (Å²) in [7, 11) is -2.42. The molecule has 6 heteroatoms. The van der Waals surface area contributed by atoms with Gasteiger partial charge in [-0.05, 0) is 50.9 Å². The average Bonchev–Trinajstić information content (AvgIpc) is 3.09. The monoisotopic (exact) mass is 324 g/mol. The lowest BCUT2D eigenvalue weighted by molar-refractivity contribution is -0.108. The fourth-order valence-corrected chi connectivity index (χ4v) is 2.62. The van der Waals surface area contributed by atoms with E-state index in [-0.39, 0.29) is 0 Å². The van der Waals surface area contributed by atoms with Crippen molar-refractivity contribution in [3.05, 3.63) is 57.4 Å². The Morgan fingerprint density at radius 3 is 2.10 bits per heavy atom. The van der Waals surface area contributed by atoms with Crippen molar-refractivity contribution in [1.29, 1.82) is 0 Å². The van der Waals surface area contributed by atoms with Gasteiger partial charge in [0.25, 0.3) is 0 Å². The molecule has 2 rings (SSSR count). The minimum absolute atomic E-state index is 0.528. The van der Waals surface area contributed by atoms with E-state index >= 15 is 0 Å². The van der Waals surface area contributed by atoms with Gasteiger partial charge in [-0.25, -0.2) is 0 Å². The van der Waals surface area contributed by atoms with Crippen molar-refractivity contribution in [2.75, 3.05) is 0 Å². The van der Waals surface area contributed by atoms with Gasteiger partial charge < -0.3 is 0 Å². The van der Waals surface area contributed by atoms with Crippen LogP contribution in [-0.2, 0) is 15.1 Å². The Hall–Kier alpha value is -1.76. The molecule has 0 saturated heterocycles. The van der Waals surface area contributed by atoms with Crippen LogP contribution in [0.2, 0.25) is 0 Å². The van der Waals surface area contributed by atoms with Crippen LogP contribution in [0.5, 0.6) is 0 Å². The highest BCUT2D eigenvalue weighted by atomic mass is 32.2. The van der Waals surface area contributed by atoms with Gasteiger partial charge in [-0.15, -0.1) is 0 Å². The maximum atomic E-state index is 10.8. The minimum atomic E-state index is -2.42. The Labute approximate surface area is 127 Å². The average molecular weight is 324 g/mol. The highest BCUT2D eigenvalue weighted by molar-refractivity contribution is 7.73. The zero-order chi connectivity index (χ0) is 14.8. The van der Waals surface area contributed by atoms with Gasteiger partial charge in [0, 0.05) is 0 Å². The van der Waals surface area contributed by atoms with Gasteiger partial charge in [0.05, 0.1) is 0 Å². The molecule has 2 heterocycles. The third kappa shape index (κ3) is 6.98. The summed E-state index contributed by atoms with van der Waals surface area (Å²) in [5, 5.41) is 8.46. The standard InChI is InChI=1S/C8H6O3S2.C6H6S/c9-8(6-13(10)11)2-1-7-3-4-12-5-7;1-2-6-3-4-7-5-6/h1-6H;2-5H,1H2. The lowest BCUT2D eigenvalue weighted by atomic mass is 10.3. The van der Waals surface area contributed by atoms with Gasteiger partial charge in [0.2, 0.25) is 10.3 Å². The SMILES string of the molecule is C=Cc1ccsc1.O=C(C=Cc1ccsc1)C=S(=O)=O. The second-order valence-corrected chi connectivity index (χ2v) is 5.75. The Kier molecular flexibility index (Phi) is 7.49. The molecule has 104 valence electrons. The van der Waals surface area contributed by atoms with Gasteiger partial charge in [0.15, 0.2) is 5.78 Å². The summed E-state index contributed by atoms with van der Waals surface area (Å²) in [5.74, 6) is -0.528. The van der Waals surface area contributed by atoms with Crippen LogP contribution < -0.4 is 0 Å². The summed E-state index contributed by atoms with van der Waals surface area (Å²) in [4.78, 5) is 10.8. The van der Waals surface area contributed by atoms with Crippen molar-refractivity contribution in [1.82, 2.24) is 0 Å². The predicted molar refractivity (Wildman–Crippen MR) is 87.8 cm³/mol. The molecule has 0 atom stereocenters. The molecule has 20 heavy (non-hydrogen) atoms. The molecule has 0 spiro atoms. The number of carbonyl (C=O) groups excluding carboxylic acids is 1. The summed E-state index contributed by atoms with van der Waals surface area (Å²) < 4.78 is 20.1. The zero-order valence-corrected chi connectivity index (χ0v) is 12.9. The molecular weight excluding hydrogens is 312 g/mol. The molecule has 0 aliphatic carbocycles. The zero-order valence-electron chi connectivity index (χ0n) is 10.4. The van der Waals surface area contributed by atoms with Crippen molar-refractivity contribution in [3.8, 4) is 0 Å². The minimum Gasteiger partial charge on any atom is -0.289 e. The van der Waals surface area contributed by atoms with Crippen LogP contribution in [0, 0.1) is 0 Å². The Morgan fingerprint density at radius 2 is 1.70 bits per heavy atom. The number of rotatable bonds is 4. The summed E-state index contributed by atoms with van der Waals surface area (Å²) in [6, 6.07) is 3.88. The molecule has 0 aromatic carbocycles. The number of allylic oxidation sites excluding steroid dienone is 1. The smallest absolute Gasteiger partial charge is 0.218 e. The van der Waals surface area contributed by atoms with E-state index in [9.17, 15) is 13.2 Å². The van der Waals surface area contributed by atoms with Crippen LogP contribution in [0.4, 0.5) is 0 Å². The third-order valence-corrected chi connectivity index (χ3v) is 3.80. The fraction of sp³-hybridized carbons (Fsp3) is 0. The largest absolute Gasteiger partial charge is 0.289 e. The second kappa shape index (κ2) is 9.19. The Morgan fingerprint density at radius 1 is 1.10 bits per heavy atom. The summed E-state index contributed by atoms with van der Waals surface area (Å²) in [6.45, 7) is 3.61. The van der Waals surface area contributed by atoms with Gasteiger partial charge in [-0.3, -0.25) is 4.79 Å². The quantitative estimate of drug-likeness (QED) is 0.640. The first-order valence-electron chi connectivity index (χ1n) is 5.43. The maximum Gasteiger partial charge on any atom is 0.218 e. The van der Waals surface area contributed by atoms with Crippen molar-refractivity contribution >= 4 is 56.3 Å². The van der Waals surface area contributed by atoms with Gasteiger partial charge in [-0.1, -0.05) is 18.7 Å². The normalized spacial score (nSPS) is 9.60. The number of carbonyl (C=O) groups is 1. The van der Waals surface area contributed by atoms with Gasteiger partial charge >= 0.3 is 0 Å². The van der Waals surface area contributed by atoms with E-state index in [1.165, 1.54) is 23.0 Å². The predicted octanol–water partition coefficient (Wildman–Crippen LogP) is 3.40. The van der Waals surface area contributed by atoms with Crippen LogP contribution in [0.25, 0.3) is 12.2 Å². The number of ketones is 1. The van der Waals surface area contributed by atoms with E-state index in [1.54, 1.807) is 17.4 Å². The van der Waals surface area contributed by atoms with E-state index in [0.717, 1.165) is 5.56 Å². The third-order valence-electron chi connectivity index (χ3n) is 1.97. The van der Waals surface area contributed by atoms with Gasteiger partial charge in [0.1, 0.15) is 5.37 Å². The van der Waals surface area contributed by atoms with Crippen molar-refractivity contribution in [2.24, 2.45) is 0 Å². The molecule has 0 saturated carbocycles. The van der Waals surface area contributed by atoms with Crippen molar-refractivity contribution in [3.63, 3.8) is 0 Å². The first-order chi connectivity index (χ1) is 9.61. The fourth-order valence-electron chi connectivity index (χ4n) is 1.07. The second-order valence-electron chi connectivity index (χ2n) is 3.43. The molecule has 0 aliphatic heterocycles. The molecular formula is C14H12O3S3.